The number of nitrogens with one attached hydrogen (secondary N) is 1. The molecule has 1 fully saturated rings. The minimum Gasteiger partial charge on any atom is -0.497 e. The molecule has 112 valence electrons. The first-order chi connectivity index (χ1) is 9.60. The first-order valence-electron chi connectivity index (χ1n) is 7.31. The van der Waals surface area contributed by atoms with Crippen molar-refractivity contribution in [3.05, 3.63) is 29.6 Å². The van der Waals surface area contributed by atoms with Gasteiger partial charge in [-0.05, 0) is 44.6 Å². The summed E-state index contributed by atoms with van der Waals surface area (Å²) in [4.78, 5) is 0. The van der Waals surface area contributed by atoms with Gasteiger partial charge in [-0.3, -0.25) is 0 Å². The van der Waals surface area contributed by atoms with Crippen molar-refractivity contribution in [1.29, 1.82) is 0 Å². The van der Waals surface area contributed by atoms with Crippen LogP contribution in [0.2, 0.25) is 0 Å². The Morgan fingerprint density at radius 1 is 1.50 bits per heavy atom. The van der Waals surface area contributed by atoms with Crippen LogP contribution in [0.15, 0.2) is 18.2 Å². The van der Waals surface area contributed by atoms with Gasteiger partial charge < -0.3 is 10.1 Å². The zero-order valence-electron chi connectivity index (χ0n) is 12.5. The second-order valence-electron chi connectivity index (χ2n) is 5.54. The highest BCUT2D eigenvalue weighted by molar-refractivity contribution is 8.00. The molecule has 0 amide bonds. The highest BCUT2D eigenvalue weighted by Crippen LogP contribution is 2.47. The molecule has 2 unspecified atom stereocenters. The molecule has 1 aromatic carbocycles. The van der Waals surface area contributed by atoms with E-state index in [1.807, 2.05) is 23.9 Å². The summed E-state index contributed by atoms with van der Waals surface area (Å²) >= 11 is 1.96. The Morgan fingerprint density at radius 3 is 2.85 bits per heavy atom. The summed E-state index contributed by atoms with van der Waals surface area (Å²) in [6, 6.07) is 5.26. The first kappa shape index (κ1) is 15.6. The van der Waals surface area contributed by atoms with E-state index in [1.165, 1.54) is 18.2 Å². The minimum atomic E-state index is -0.174. The van der Waals surface area contributed by atoms with Crippen molar-refractivity contribution in [3.8, 4) is 5.75 Å². The van der Waals surface area contributed by atoms with Gasteiger partial charge in [-0.1, -0.05) is 13.0 Å². The third kappa shape index (κ3) is 3.29. The van der Waals surface area contributed by atoms with Crippen molar-refractivity contribution in [2.24, 2.45) is 0 Å². The summed E-state index contributed by atoms with van der Waals surface area (Å²) in [5.74, 6) is 1.56. The van der Waals surface area contributed by atoms with Crippen LogP contribution in [0, 0.1) is 5.82 Å². The maximum atomic E-state index is 14.4. The zero-order valence-corrected chi connectivity index (χ0v) is 13.4. The minimum absolute atomic E-state index is 0.0563. The van der Waals surface area contributed by atoms with Crippen LogP contribution in [0.1, 0.15) is 44.7 Å². The molecule has 0 saturated carbocycles. The first-order valence-corrected chi connectivity index (χ1v) is 8.30. The molecule has 2 rings (SSSR count). The lowest BCUT2D eigenvalue weighted by Crippen LogP contribution is -2.38. The second kappa shape index (κ2) is 6.81. The largest absolute Gasteiger partial charge is 0.497 e. The Labute approximate surface area is 125 Å². The van der Waals surface area contributed by atoms with E-state index in [4.69, 9.17) is 4.74 Å². The van der Waals surface area contributed by atoms with Crippen molar-refractivity contribution >= 4 is 11.8 Å². The fraction of sp³-hybridized carbons (Fsp3) is 0.625. The van der Waals surface area contributed by atoms with Crippen LogP contribution in [-0.4, -0.2) is 24.2 Å². The van der Waals surface area contributed by atoms with E-state index >= 15 is 0 Å². The molecule has 1 heterocycles. The van der Waals surface area contributed by atoms with Gasteiger partial charge in [0.25, 0.3) is 0 Å². The van der Waals surface area contributed by atoms with Crippen LogP contribution >= 0.6 is 11.8 Å². The van der Waals surface area contributed by atoms with E-state index in [2.05, 4.69) is 19.2 Å². The van der Waals surface area contributed by atoms with E-state index < -0.39 is 0 Å². The monoisotopic (exact) mass is 297 g/mol. The Kier molecular flexibility index (Phi) is 5.33. The number of benzene rings is 1. The van der Waals surface area contributed by atoms with E-state index in [9.17, 15) is 4.39 Å². The van der Waals surface area contributed by atoms with Crippen molar-refractivity contribution in [1.82, 2.24) is 5.32 Å². The predicted octanol–water partition coefficient (Wildman–Crippen LogP) is 4.16. The van der Waals surface area contributed by atoms with Crippen LogP contribution in [0.3, 0.4) is 0 Å². The highest BCUT2D eigenvalue weighted by atomic mass is 32.2. The van der Waals surface area contributed by atoms with Gasteiger partial charge in [-0.15, -0.1) is 0 Å². The fourth-order valence-corrected chi connectivity index (χ4v) is 4.26. The zero-order chi connectivity index (χ0) is 14.6. The average molecular weight is 297 g/mol. The lowest BCUT2D eigenvalue weighted by Gasteiger charge is -2.35. The molecule has 0 radical (unpaired) electrons. The van der Waals surface area contributed by atoms with Gasteiger partial charge in [0.05, 0.1) is 7.11 Å². The summed E-state index contributed by atoms with van der Waals surface area (Å²) < 4.78 is 19.6. The number of rotatable bonds is 6. The van der Waals surface area contributed by atoms with Crippen molar-refractivity contribution in [3.63, 3.8) is 0 Å². The smallest absolute Gasteiger partial charge is 0.131 e. The Hall–Kier alpha value is -0.740. The standard InChI is InChI=1S/C16H24FNOS/c1-4-9-18-15(16(2)8-5-10-20-16)13-7-6-12(19-3)11-14(13)17/h6-7,11,15,18H,4-5,8-10H2,1-3H3. The van der Waals surface area contributed by atoms with E-state index in [0.29, 0.717) is 5.75 Å². The van der Waals surface area contributed by atoms with Crippen molar-refractivity contribution in [2.45, 2.75) is 43.9 Å². The van der Waals surface area contributed by atoms with Gasteiger partial charge >= 0.3 is 0 Å². The molecule has 20 heavy (non-hydrogen) atoms. The average Bonchev–Trinajstić information content (AvgIpc) is 2.88. The third-order valence-corrected chi connectivity index (χ3v) is 5.57. The molecule has 2 atom stereocenters. The SMILES string of the molecule is CCCNC(c1ccc(OC)cc1F)C1(C)CCCS1. The van der Waals surface area contributed by atoms with Crippen LogP contribution in [-0.2, 0) is 0 Å². The van der Waals surface area contributed by atoms with E-state index in [-0.39, 0.29) is 16.6 Å². The van der Waals surface area contributed by atoms with Gasteiger partial charge in [0.1, 0.15) is 11.6 Å². The summed E-state index contributed by atoms with van der Waals surface area (Å²) in [6.45, 7) is 5.30. The molecule has 0 spiro atoms. The molecule has 0 aromatic heterocycles. The number of halogens is 1. The Bertz CT molecular complexity index is 446. The predicted molar refractivity (Wildman–Crippen MR) is 84.1 cm³/mol. The quantitative estimate of drug-likeness (QED) is 0.852. The van der Waals surface area contributed by atoms with Gasteiger partial charge in [0, 0.05) is 22.4 Å². The molecule has 1 saturated heterocycles. The lowest BCUT2D eigenvalue weighted by molar-refractivity contribution is 0.391. The van der Waals surface area contributed by atoms with Crippen LogP contribution in [0.5, 0.6) is 5.75 Å². The molecule has 1 aliphatic heterocycles. The molecule has 1 N–H and O–H groups in total. The molecular formula is C16H24FNOS. The molecule has 4 heteroatoms. The summed E-state index contributed by atoms with van der Waals surface area (Å²) in [6.07, 6.45) is 3.39. The number of hydrogen-bond donors (Lipinski definition) is 1. The molecule has 1 aromatic rings. The topological polar surface area (TPSA) is 21.3 Å². The summed E-state index contributed by atoms with van der Waals surface area (Å²) in [5.41, 5.74) is 0.760. The molecule has 0 aliphatic carbocycles. The van der Waals surface area contributed by atoms with Crippen molar-refractivity contribution in [2.75, 3.05) is 19.4 Å². The fourth-order valence-electron chi connectivity index (χ4n) is 2.84. The van der Waals surface area contributed by atoms with E-state index in [0.717, 1.165) is 24.9 Å². The third-order valence-electron chi connectivity index (χ3n) is 3.98. The number of hydrogen-bond acceptors (Lipinski definition) is 3. The van der Waals surface area contributed by atoms with Crippen LogP contribution in [0.4, 0.5) is 4.39 Å². The molecular weight excluding hydrogens is 273 g/mol. The Balaban J connectivity index is 2.30. The van der Waals surface area contributed by atoms with Crippen LogP contribution < -0.4 is 10.1 Å². The summed E-state index contributed by atoms with van der Waals surface area (Å²) in [5, 5.41) is 3.54. The lowest BCUT2D eigenvalue weighted by atomic mass is 9.89. The van der Waals surface area contributed by atoms with Gasteiger partial charge in [-0.2, -0.15) is 11.8 Å². The number of methoxy groups -OCH3 is 1. The molecule has 0 bridgehead atoms. The van der Waals surface area contributed by atoms with Crippen molar-refractivity contribution < 1.29 is 9.13 Å². The number of ether oxygens (including phenoxy) is 1. The Morgan fingerprint density at radius 2 is 2.30 bits per heavy atom. The molecule has 2 nitrogen and oxygen atoms in total. The second-order valence-corrected chi connectivity index (χ2v) is 7.17. The maximum Gasteiger partial charge on any atom is 0.131 e. The maximum absolute atomic E-state index is 14.4. The highest BCUT2D eigenvalue weighted by Gasteiger charge is 2.39. The normalized spacial score (nSPS) is 23.8. The molecule has 1 aliphatic rings. The van der Waals surface area contributed by atoms with Gasteiger partial charge in [-0.25, -0.2) is 4.39 Å². The van der Waals surface area contributed by atoms with E-state index in [1.54, 1.807) is 7.11 Å². The summed E-state index contributed by atoms with van der Waals surface area (Å²) in [7, 11) is 1.56. The number of thioether (sulfide) groups is 1. The van der Waals surface area contributed by atoms with Gasteiger partial charge in [0.2, 0.25) is 0 Å². The van der Waals surface area contributed by atoms with Crippen LogP contribution in [0.25, 0.3) is 0 Å². The van der Waals surface area contributed by atoms with Gasteiger partial charge in [0.15, 0.2) is 0 Å².